The van der Waals surface area contributed by atoms with Gasteiger partial charge in [0.1, 0.15) is 5.82 Å². The van der Waals surface area contributed by atoms with Crippen molar-refractivity contribution in [1.82, 2.24) is 15.5 Å². The van der Waals surface area contributed by atoms with Crippen LogP contribution in [0.1, 0.15) is 37.4 Å². The molecule has 2 aromatic carbocycles. The van der Waals surface area contributed by atoms with E-state index in [0.29, 0.717) is 17.6 Å². The molecule has 0 bridgehead atoms. The van der Waals surface area contributed by atoms with Crippen molar-refractivity contribution >= 4 is 34.1 Å². The first-order chi connectivity index (χ1) is 14.5. The van der Waals surface area contributed by atoms with Gasteiger partial charge < -0.3 is 10.6 Å². The molecule has 3 aromatic rings. The molecular formula is C22H25FN4OS2. The zero-order valence-corrected chi connectivity index (χ0v) is 18.6. The molecule has 0 spiro atoms. The predicted molar refractivity (Wildman–Crippen MR) is 121 cm³/mol. The van der Waals surface area contributed by atoms with Crippen molar-refractivity contribution in [2.45, 2.75) is 37.2 Å². The second-order valence-electron chi connectivity index (χ2n) is 7.30. The molecule has 158 valence electrons. The van der Waals surface area contributed by atoms with Crippen LogP contribution in [0.15, 0.2) is 58.9 Å². The number of benzene rings is 2. The van der Waals surface area contributed by atoms with Crippen molar-refractivity contribution in [2.75, 3.05) is 11.1 Å². The molecule has 0 aliphatic carbocycles. The third kappa shape index (κ3) is 7.11. The lowest BCUT2D eigenvalue weighted by Gasteiger charge is -2.21. The molecule has 2 N–H and O–H groups in total. The Morgan fingerprint density at radius 1 is 1.10 bits per heavy atom. The first kappa shape index (κ1) is 22.2. The van der Waals surface area contributed by atoms with Gasteiger partial charge in [0, 0.05) is 6.54 Å². The number of amides is 1. The number of thioether (sulfide) groups is 1. The van der Waals surface area contributed by atoms with E-state index < -0.39 is 0 Å². The van der Waals surface area contributed by atoms with Gasteiger partial charge in [-0.2, -0.15) is 0 Å². The number of nitrogens with one attached hydrogen (secondary N) is 2. The lowest BCUT2D eigenvalue weighted by Crippen LogP contribution is -2.30. The van der Waals surface area contributed by atoms with E-state index in [1.54, 1.807) is 12.1 Å². The summed E-state index contributed by atoms with van der Waals surface area (Å²) in [6.07, 6.45) is 0.886. The Labute approximate surface area is 184 Å². The summed E-state index contributed by atoms with van der Waals surface area (Å²) >= 11 is 2.77. The van der Waals surface area contributed by atoms with E-state index in [1.165, 1.54) is 35.2 Å². The van der Waals surface area contributed by atoms with Crippen LogP contribution in [0.2, 0.25) is 0 Å². The molecule has 1 heterocycles. The maximum absolute atomic E-state index is 13.0. The third-order valence-corrected chi connectivity index (χ3v) is 6.35. The van der Waals surface area contributed by atoms with Crippen molar-refractivity contribution in [1.29, 1.82) is 0 Å². The minimum Gasteiger partial charge on any atom is -0.356 e. The first-order valence-corrected chi connectivity index (χ1v) is 11.6. The molecule has 1 amide bonds. The lowest BCUT2D eigenvalue weighted by molar-refractivity contribution is -0.119. The normalized spacial score (nSPS) is 12.0. The number of rotatable bonds is 10. The molecule has 1 unspecified atom stereocenters. The van der Waals surface area contributed by atoms with Gasteiger partial charge >= 0.3 is 0 Å². The van der Waals surface area contributed by atoms with Crippen LogP contribution in [0.5, 0.6) is 0 Å². The first-order valence-electron chi connectivity index (χ1n) is 9.78. The van der Waals surface area contributed by atoms with Crippen LogP contribution >= 0.6 is 23.1 Å². The number of hydrogen-bond donors (Lipinski definition) is 2. The fourth-order valence-corrected chi connectivity index (χ4v) is 4.48. The zero-order valence-electron chi connectivity index (χ0n) is 17.0. The Morgan fingerprint density at radius 2 is 1.83 bits per heavy atom. The highest BCUT2D eigenvalue weighted by Gasteiger charge is 2.17. The molecule has 0 saturated heterocycles. The van der Waals surface area contributed by atoms with E-state index >= 15 is 0 Å². The number of carbonyl (C=O) groups is 1. The highest BCUT2D eigenvalue weighted by molar-refractivity contribution is 8.01. The van der Waals surface area contributed by atoms with Gasteiger partial charge in [0.15, 0.2) is 4.34 Å². The average Bonchev–Trinajstić information content (AvgIpc) is 3.20. The monoisotopic (exact) mass is 444 g/mol. The molecule has 3 rings (SSSR count). The number of nitrogens with zero attached hydrogens (tertiary/aromatic N) is 2. The van der Waals surface area contributed by atoms with Crippen molar-refractivity contribution in [2.24, 2.45) is 5.92 Å². The van der Waals surface area contributed by atoms with Crippen molar-refractivity contribution in [3.05, 3.63) is 71.5 Å². The number of carbonyl (C=O) groups excluding carboxylic acids is 1. The maximum atomic E-state index is 13.0. The largest absolute Gasteiger partial charge is 0.356 e. The van der Waals surface area contributed by atoms with Crippen LogP contribution < -0.4 is 10.6 Å². The van der Waals surface area contributed by atoms with Crippen molar-refractivity contribution < 1.29 is 9.18 Å². The lowest BCUT2D eigenvalue weighted by atomic mass is 9.97. The average molecular weight is 445 g/mol. The van der Waals surface area contributed by atoms with Crippen LogP contribution in [-0.2, 0) is 11.3 Å². The number of halogens is 1. The van der Waals surface area contributed by atoms with Crippen LogP contribution in [0.3, 0.4) is 0 Å². The summed E-state index contributed by atoms with van der Waals surface area (Å²) in [5, 5.41) is 15.2. The molecule has 1 atom stereocenters. The van der Waals surface area contributed by atoms with E-state index in [2.05, 4.69) is 34.7 Å². The summed E-state index contributed by atoms with van der Waals surface area (Å²) < 4.78 is 13.7. The smallest absolute Gasteiger partial charge is 0.230 e. The maximum Gasteiger partial charge on any atom is 0.230 e. The van der Waals surface area contributed by atoms with Crippen LogP contribution in [0.4, 0.5) is 9.52 Å². The van der Waals surface area contributed by atoms with Crippen molar-refractivity contribution in [3.63, 3.8) is 0 Å². The highest BCUT2D eigenvalue weighted by Crippen LogP contribution is 2.26. The molecular weight excluding hydrogens is 419 g/mol. The predicted octanol–water partition coefficient (Wildman–Crippen LogP) is 5.29. The van der Waals surface area contributed by atoms with E-state index in [4.69, 9.17) is 0 Å². The van der Waals surface area contributed by atoms with Gasteiger partial charge in [-0.05, 0) is 35.6 Å². The van der Waals surface area contributed by atoms with Crippen LogP contribution in [0, 0.1) is 11.7 Å². The van der Waals surface area contributed by atoms with E-state index in [-0.39, 0.29) is 23.5 Å². The minimum absolute atomic E-state index is 0.00153. The zero-order chi connectivity index (χ0) is 21.3. The van der Waals surface area contributed by atoms with Gasteiger partial charge in [-0.25, -0.2) is 4.39 Å². The molecule has 0 radical (unpaired) electrons. The van der Waals surface area contributed by atoms with E-state index in [1.807, 2.05) is 30.3 Å². The Bertz CT molecular complexity index is 932. The van der Waals surface area contributed by atoms with Gasteiger partial charge in [-0.15, -0.1) is 10.2 Å². The Hall–Kier alpha value is -2.45. The van der Waals surface area contributed by atoms with Crippen LogP contribution in [0.25, 0.3) is 0 Å². The van der Waals surface area contributed by atoms with Gasteiger partial charge in [0.2, 0.25) is 11.0 Å². The number of hydrogen-bond acceptors (Lipinski definition) is 6. The summed E-state index contributed by atoms with van der Waals surface area (Å²) in [6.45, 7) is 4.84. The quantitative estimate of drug-likeness (QED) is 0.416. The summed E-state index contributed by atoms with van der Waals surface area (Å²) in [6, 6.07) is 16.4. The number of anilines is 1. The molecule has 0 fully saturated rings. The molecule has 0 saturated carbocycles. The third-order valence-electron chi connectivity index (χ3n) is 4.33. The second kappa shape index (κ2) is 11.1. The van der Waals surface area contributed by atoms with Gasteiger partial charge in [-0.3, -0.25) is 4.79 Å². The SMILES string of the molecule is CC(C)CC(NC(=O)CSc1nnc(NCc2ccc(F)cc2)s1)c1ccccc1. The van der Waals surface area contributed by atoms with E-state index in [0.717, 1.165) is 21.9 Å². The molecule has 1 aromatic heterocycles. The van der Waals surface area contributed by atoms with Gasteiger partial charge in [-0.1, -0.05) is 79.4 Å². The molecule has 8 heteroatoms. The highest BCUT2D eigenvalue weighted by atomic mass is 32.2. The van der Waals surface area contributed by atoms with Crippen LogP contribution in [-0.4, -0.2) is 21.9 Å². The summed E-state index contributed by atoms with van der Waals surface area (Å²) in [5.41, 5.74) is 2.07. The Morgan fingerprint density at radius 3 is 2.53 bits per heavy atom. The molecule has 0 aliphatic heterocycles. The van der Waals surface area contributed by atoms with Gasteiger partial charge in [0.05, 0.1) is 11.8 Å². The topological polar surface area (TPSA) is 66.9 Å². The summed E-state index contributed by atoms with van der Waals surface area (Å²) in [5.74, 6) is 0.481. The van der Waals surface area contributed by atoms with Crippen molar-refractivity contribution in [3.8, 4) is 0 Å². The molecule has 5 nitrogen and oxygen atoms in total. The molecule has 30 heavy (non-hydrogen) atoms. The minimum atomic E-state index is -0.255. The Balaban J connectivity index is 1.48. The van der Waals surface area contributed by atoms with Gasteiger partial charge in [0.25, 0.3) is 0 Å². The fraction of sp³-hybridized carbons (Fsp3) is 0.318. The second-order valence-corrected chi connectivity index (χ2v) is 9.50. The standard InChI is InChI=1S/C22H25FN4OS2/c1-15(2)12-19(17-6-4-3-5-7-17)25-20(28)14-29-22-27-26-21(30-22)24-13-16-8-10-18(23)11-9-16/h3-11,15,19H,12-14H2,1-2H3,(H,24,26)(H,25,28). The fourth-order valence-electron chi connectivity index (χ4n) is 2.92. The molecule has 0 aliphatic rings. The van der Waals surface area contributed by atoms with E-state index in [9.17, 15) is 9.18 Å². The Kier molecular flexibility index (Phi) is 8.21. The number of aromatic nitrogens is 2. The summed E-state index contributed by atoms with van der Waals surface area (Å²) in [4.78, 5) is 12.5. The summed E-state index contributed by atoms with van der Waals surface area (Å²) in [7, 11) is 0.